The summed E-state index contributed by atoms with van der Waals surface area (Å²) in [4.78, 5) is 26.7. The van der Waals surface area contributed by atoms with Gasteiger partial charge in [0.25, 0.3) is 11.8 Å². The van der Waals surface area contributed by atoms with Crippen molar-refractivity contribution in [2.75, 3.05) is 7.11 Å². The molecule has 1 heterocycles. The molecule has 1 aromatic heterocycles. The van der Waals surface area contributed by atoms with Gasteiger partial charge in [-0.05, 0) is 60.7 Å². The fourth-order valence-electron chi connectivity index (χ4n) is 2.94. The summed E-state index contributed by atoms with van der Waals surface area (Å²) in [6.45, 7) is 3.76. The van der Waals surface area contributed by atoms with Gasteiger partial charge in [0.2, 0.25) is 0 Å². The average molecular weight is 421 g/mol. The van der Waals surface area contributed by atoms with Crippen molar-refractivity contribution in [3.8, 4) is 5.75 Å². The Bertz CT molecular complexity index is 1040. The van der Waals surface area contributed by atoms with Crippen LogP contribution in [0.2, 0.25) is 0 Å². The van der Waals surface area contributed by atoms with Crippen LogP contribution in [-0.2, 0) is 4.79 Å². The van der Waals surface area contributed by atoms with Crippen LogP contribution in [0.4, 0.5) is 0 Å². The molecule has 0 spiro atoms. The van der Waals surface area contributed by atoms with Gasteiger partial charge < -0.3 is 15.4 Å². The standard InChI is InChI=1S/C24H24N2O3S/c1-16-7-4-5-9-21(16)23(27)26-22(15-20-8-6-14-30-20)24(28)25-17(2)18-10-12-19(29-3)13-11-18/h4-15,17H,1-3H3,(H,25,28)(H,26,27)/b22-15-. The van der Waals surface area contributed by atoms with Crippen LogP contribution < -0.4 is 15.4 Å². The number of hydrogen-bond donors (Lipinski definition) is 2. The summed E-state index contributed by atoms with van der Waals surface area (Å²) >= 11 is 1.49. The van der Waals surface area contributed by atoms with Crippen LogP contribution in [0.15, 0.2) is 71.7 Å². The first kappa shape index (κ1) is 21.3. The van der Waals surface area contributed by atoms with Crippen LogP contribution in [0.1, 0.15) is 39.3 Å². The molecular formula is C24H24N2O3S. The molecule has 0 aliphatic rings. The van der Waals surface area contributed by atoms with E-state index in [1.807, 2.05) is 67.8 Å². The average Bonchev–Trinajstić information content (AvgIpc) is 3.26. The molecule has 0 radical (unpaired) electrons. The summed E-state index contributed by atoms with van der Waals surface area (Å²) in [6.07, 6.45) is 1.69. The first-order valence-electron chi connectivity index (χ1n) is 9.55. The molecule has 0 bridgehead atoms. The Kier molecular flexibility index (Phi) is 7.03. The number of nitrogens with one attached hydrogen (secondary N) is 2. The van der Waals surface area contributed by atoms with Gasteiger partial charge in [0.05, 0.1) is 13.2 Å². The van der Waals surface area contributed by atoms with E-state index >= 15 is 0 Å². The lowest BCUT2D eigenvalue weighted by Gasteiger charge is -2.17. The van der Waals surface area contributed by atoms with Crippen molar-refractivity contribution < 1.29 is 14.3 Å². The number of carbonyl (C=O) groups excluding carboxylic acids is 2. The summed E-state index contributed by atoms with van der Waals surface area (Å²) in [5, 5.41) is 7.66. The van der Waals surface area contributed by atoms with Crippen LogP contribution in [0.25, 0.3) is 6.08 Å². The SMILES string of the molecule is COc1ccc(C(C)NC(=O)/C(=C/c2cccs2)NC(=O)c2ccccc2C)cc1. The molecule has 3 aromatic rings. The number of ether oxygens (including phenoxy) is 1. The fourth-order valence-corrected chi connectivity index (χ4v) is 3.60. The molecule has 0 saturated carbocycles. The van der Waals surface area contributed by atoms with Gasteiger partial charge in [-0.25, -0.2) is 0 Å². The minimum atomic E-state index is -0.353. The summed E-state index contributed by atoms with van der Waals surface area (Å²) in [5.74, 6) is 0.0814. The number of methoxy groups -OCH3 is 1. The molecule has 154 valence electrons. The Balaban J connectivity index is 1.80. The van der Waals surface area contributed by atoms with Gasteiger partial charge in [-0.1, -0.05) is 36.4 Å². The Hall–Kier alpha value is -3.38. The highest BCUT2D eigenvalue weighted by molar-refractivity contribution is 7.10. The molecule has 2 N–H and O–H groups in total. The molecule has 1 unspecified atom stereocenters. The van der Waals surface area contributed by atoms with Gasteiger partial charge in [0.1, 0.15) is 11.4 Å². The number of hydrogen-bond acceptors (Lipinski definition) is 4. The first-order valence-corrected chi connectivity index (χ1v) is 10.4. The minimum Gasteiger partial charge on any atom is -0.497 e. The summed E-state index contributed by atoms with van der Waals surface area (Å²) < 4.78 is 5.18. The Morgan fingerprint density at radius 3 is 2.40 bits per heavy atom. The number of aryl methyl sites for hydroxylation is 1. The molecule has 0 aliphatic heterocycles. The third-order valence-corrected chi connectivity index (χ3v) is 5.50. The van der Waals surface area contributed by atoms with Crippen LogP contribution in [0.5, 0.6) is 5.75 Å². The van der Waals surface area contributed by atoms with Gasteiger partial charge in [-0.15, -0.1) is 11.3 Å². The van der Waals surface area contributed by atoms with Crippen molar-refractivity contribution in [2.45, 2.75) is 19.9 Å². The van der Waals surface area contributed by atoms with E-state index in [1.165, 1.54) is 11.3 Å². The van der Waals surface area contributed by atoms with Crippen LogP contribution in [0, 0.1) is 6.92 Å². The van der Waals surface area contributed by atoms with Crippen LogP contribution in [-0.4, -0.2) is 18.9 Å². The molecule has 2 aromatic carbocycles. The van der Waals surface area contributed by atoms with E-state index in [9.17, 15) is 9.59 Å². The molecule has 0 fully saturated rings. The number of thiophene rings is 1. The lowest BCUT2D eigenvalue weighted by Crippen LogP contribution is -2.36. The molecular weight excluding hydrogens is 396 g/mol. The number of amides is 2. The Labute approximate surface area is 180 Å². The molecule has 0 saturated heterocycles. The summed E-state index contributed by atoms with van der Waals surface area (Å²) in [5.41, 5.74) is 2.51. The summed E-state index contributed by atoms with van der Waals surface area (Å²) in [6, 6.07) is 18.3. The van der Waals surface area contributed by atoms with Crippen molar-refractivity contribution in [2.24, 2.45) is 0 Å². The zero-order chi connectivity index (χ0) is 21.5. The zero-order valence-corrected chi connectivity index (χ0v) is 18.0. The smallest absolute Gasteiger partial charge is 0.268 e. The molecule has 30 heavy (non-hydrogen) atoms. The fraction of sp³-hybridized carbons (Fsp3) is 0.167. The van der Waals surface area contributed by atoms with Crippen LogP contribution in [0.3, 0.4) is 0 Å². The predicted octanol–water partition coefficient (Wildman–Crippen LogP) is 4.71. The molecule has 2 amide bonds. The van der Waals surface area contributed by atoms with E-state index in [4.69, 9.17) is 4.74 Å². The predicted molar refractivity (Wildman–Crippen MR) is 120 cm³/mol. The first-order chi connectivity index (χ1) is 14.5. The van der Waals surface area contributed by atoms with E-state index in [2.05, 4.69) is 10.6 Å². The number of rotatable bonds is 7. The zero-order valence-electron chi connectivity index (χ0n) is 17.1. The molecule has 6 heteroatoms. The normalized spacial score (nSPS) is 12.2. The lowest BCUT2D eigenvalue weighted by atomic mass is 10.1. The molecule has 3 rings (SSSR count). The quantitative estimate of drug-likeness (QED) is 0.544. The van der Waals surface area contributed by atoms with Gasteiger partial charge >= 0.3 is 0 Å². The maximum atomic E-state index is 13.0. The van der Waals surface area contributed by atoms with Crippen molar-refractivity contribution in [3.63, 3.8) is 0 Å². The second-order valence-corrected chi connectivity index (χ2v) is 7.79. The van der Waals surface area contributed by atoms with Crippen molar-refractivity contribution in [3.05, 3.63) is 93.3 Å². The molecule has 0 aliphatic carbocycles. The Morgan fingerprint density at radius 1 is 1.03 bits per heavy atom. The lowest BCUT2D eigenvalue weighted by molar-refractivity contribution is -0.118. The van der Waals surface area contributed by atoms with Gasteiger partial charge in [-0.2, -0.15) is 0 Å². The van der Waals surface area contributed by atoms with E-state index < -0.39 is 0 Å². The molecule has 1 atom stereocenters. The maximum Gasteiger partial charge on any atom is 0.268 e. The topological polar surface area (TPSA) is 67.4 Å². The highest BCUT2D eigenvalue weighted by Crippen LogP contribution is 2.19. The van der Waals surface area contributed by atoms with Crippen LogP contribution >= 0.6 is 11.3 Å². The third kappa shape index (κ3) is 5.36. The minimum absolute atomic E-state index is 0.200. The van der Waals surface area contributed by atoms with E-state index in [-0.39, 0.29) is 23.6 Å². The summed E-state index contributed by atoms with van der Waals surface area (Å²) in [7, 11) is 1.61. The van der Waals surface area contributed by atoms with Gasteiger partial charge in [0, 0.05) is 10.4 Å². The van der Waals surface area contributed by atoms with Crippen molar-refractivity contribution in [1.29, 1.82) is 0 Å². The second kappa shape index (κ2) is 9.89. The van der Waals surface area contributed by atoms with E-state index in [0.29, 0.717) is 5.56 Å². The largest absolute Gasteiger partial charge is 0.497 e. The van der Waals surface area contributed by atoms with Gasteiger partial charge in [-0.3, -0.25) is 9.59 Å². The van der Waals surface area contributed by atoms with Crippen molar-refractivity contribution >= 4 is 29.2 Å². The van der Waals surface area contributed by atoms with E-state index in [0.717, 1.165) is 21.8 Å². The molecule has 5 nitrogen and oxygen atoms in total. The second-order valence-electron chi connectivity index (χ2n) is 6.81. The maximum absolute atomic E-state index is 13.0. The van der Waals surface area contributed by atoms with E-state index in [1.54, 1.807) is 25.3 Å². The van der Waals surface area contributed by atoms with Crippen molar-refractivity contribution in [1.82, 2.24) is 10.6 Å². The number of benzene rings is 2. The highest BCUT2D eigenvalue weighted by Gasteiger charge is 2.18. The number of carbonyl (C=O) groups is 2. The monoisotopic (exact) mass is 420 g/mol. The van der Waals surface area contributed by atoms with Gasteiger partial charge in [0.15, 0.2) is 0 Å². The highest BCUT2D eigenvalue weighted by atomic mass is 32.1. The third-order valence-electron chi connectivity index (χ3n) is 4.68. The Morgan fingerprint density at radius 2 is 1.77 bits per heavy atom.